The summed E-state index contributed by atoms with van der Waals surface area (Å²) in [6, 6.07) is 9.94. The van der Waals surface area contributed by atoms with Gasteiger partial charge in [-0.2, -0.15) is 0 Å². The zero-order valence-electron chi connectivity index (χ0n) is 16.4. The third kappa shape index (κ3) is 4.33. The van der Waals surface area contributed by atoms with Gasteiger partial charge in [-0.05, 0) is 61.4 Å². The summed E-state index contributed by atoms with van der Waals surface area (Å²) in [6.45, 7) is 6.64. The molecule has 140 valence electrons. The van der Waals surface area contributed by atoms with Crippen molar-refractivity contribution < 1.29 is 14.3 Å². The van der Waals surface area contributed by atoms with Crippen LogP contribution >= 0.6 is 11.8 Å². The predicted octanol–water partition coefficient (Wildman–Crippen LogP) is 5.37. The second-order valence-corrected chi connectivity index (χ2v) is 6.93. The summed E-state index contributed by atoms with van der Waals surface area (Å²) in [7, 11) is 3.40. The van der Waals surface area contributed by atoms with Gasteiger partial charge in [0.05, 0.1) is 18.4 Å². The first-order valence-electron chi connectivity index (χ1n) is 8.63. The highest BCUT2D eigenvalue weighted by molar-refractivity contribution is 8.13. The Morgan fingerprint density at radius 1 is 1.15 bits per heavy atom. The van der Waals surface area contributed by atoms with Gasteiger partial charge in [0.1, 0.15) is 18.1 Å². The number of carbonyl (C=O) groups is 1. The van der Waals surface area contributed by atoms with Gasteiger partial charge in [0.25, 0.3) is 5.24 Å². The van der Waals surface area contributed by atoms with Crippen LogP contribution < -0.4 is 14.4 Å². The molecule has 0 bridgehead atoms. The molecule has 0 spiro atoms. The number of ether oxygens (including phenoxy) is 2. The molecule has 5 heteroatoms. The van der Waals surface area contributed by atoms with Crippen LogP contribution in [0.4, 0.5) is 10.5 Å². The monoisotopic (exact) mass is 373 g/mol. The number of anilines is 1. The first-order chi connectivity index (χ1) is 12.4. The van der Waals surface area contributed by atoms with E-state index >= 15 is 0 Å². The van der Waals surface area contributed by atoms with Crippen LogP contribution in [0.25, 0.3) is 0 Å². The number of thioether (sulfide) groups is 1. The highest BCUT2D eigenvalue weighted by Gasteiger charge is 2.18. The Balaban J connectivity index is 2.34. The zero-order chi connectivity index (χ0) is 19.3. The van der Waals surface area contributed by atoms with Crippen molar-refractivity contribution in [1.29, 1.82) is 0 Å². The molecular weight excluding hydrogens is 346 g/mol. The van der Waals surface area contributed by atoms with E-state index in [4.69, 9.17) is 9.47 Å². The van der Waals surface area contributed by atoms with Gasteiger partial charge < -0.3 is 14.4 Å². The van der Waals surface area contributed by atoms with Crippen molar-refractivity contribution in [1.82, 2.24) is 0 Å². The van der Waals surface area contributed by atoms with Gasteiger partial charge >= 0.3 is 0 Å². The number of nitrogens with zero attached hydrogens (tertiary/aromatic N) is 1. The van der Waals surface area contributed by atoms with Crippen molar-refractivity contribution in [3.63, 3.8) is 0 Å². The highest BCUT2D eigenvalue weighted by atomic mass is 32.2. The molecule has 26 heavy (non-hydrogen) atoms. The third-order valence-electron chi connectivity index (χ3n) is 4.52. The van der Waals surface area contributed by atoms with E-state index in [9.17, 15) is 4.79 Å². The molecule has 1 amide bonds. The first-order valence-corrected chi connectivity index (χ1v) is 9.85. The number of carbonyl (C=O) groups excluding carboxylic acids is 1. The van der Waals surface area contributed by atoms with E-state index in [0.29, 0.717) is 12.4 Å². The molecule has 0 heterocycles. The van der Waals surface area contributed by atoms with Crippen molar-refractivity contribution in [3.05, 3.63) is 52.6 Å². The summed E-state index contributed by atoms with van der Waals surface area (Å²) in [6.07, 6.45) is 2.78. The summed E-state index contributed by atoms with van der Waals surface area (Å²) in [5, 5.41) is -0.0289. The van der Waals surface area contributed by atoms with Gasteiger partial charge in [-0.15, -0.1) is 0 Å². The Hall–Kier alpha value is -2.14. The Labute approximate surface area is 160 Å². The average Bonchev–Trinajstić information content (AvgIpc) is 2.66. The van der Waals surface area contributed by atoms with Crippen LogP contribution in [0.1, 0.15) is 29.2 Å². The van der Waals surface area contributed by atoms with Crippen molar-refractivity contribution >= 4 is 22.7 Å². The lowest BCUT2D eigenvalue weighted by Crippen LogP contribution is -2.23. The molecule has 0 aromatic heterocycles. The third-order valence-corrected chi connectivity index (χ3v) is 5.15. The summed E-state index contributed by atoms with van der Waals surface area (Å²) in [4.78, 5) is 13.7. The summed E-state index contributed by atoms with van der Waals surface area (Å²) < 4.78 is 11.6. The topological polar surface area (TPSA) is 38.8 Å². The molecule has 0 aliphatic heterocycles. The standard InChI is InChI=1S/C21H27NO3S/c1-7-16-11-15(3)20(12-14(16)2)25-13-17-18(22(4)21(23)26-6)9-8-10-19(17)24-5/h8-12H,7,13H2,1-6H3. The van der Waals surface area contributed by atoms with E-state index in [1.807, 2.05) is 18.2 Å². The smallest absolute Gasteiger partial charge is 0.285 e. The average molecular weight is 374 g/mol. The van der Waals surface area contributed by atoms with Gasteiger partial charge in [-0.1, -0.05) is 30.8 Å². The molecule has 0 fully saturated rings. The lowest BCUT2D eigenvalue weighted by Gasteiger charge is -2.22. The molecule has 0 aliphatic rings. The van der Waals surface area contributed by atoms with E-state index in [0.717, 1.165) is 29.0 Å². The maximum atomic E-state index is 12.1. The Morgan fingerprint density at radius 2 is 1.88 bits per heavy atom. The molecular formula is C21H27NO3S. The van der Waals surface area contributed by atoms with Crippen molar-refractivity contribution in [2.45, 2.75) is 33.8 Å². The van der Waals surface area contributed by atoms with E-state index in [2.05, 4.69) is 32.9 Å². The van der Waals surface area contributed by atoms with Gasteiger partial charge in [-0.3, -0.25) is 4.79 Å². The number of aryl methyl sites for hydroxylation is 3. The molecule has 2 aromatic carbocycles. The molecule has 2 rings (SSSR count). The fourth-order valence-electron chi connectivity index (χ4n) is 2.98. The van der Waals surface area contributed by atoms with Crippen LogP contribution in [0.2, 0.25) is 0 Å². The lowest BCUT2D eigenvalue weighted by molar-refractivity contribution is 0.265. The largest absolute Gasteiger partial charge is 0.496 e. The second kappa shape index (κ2) is 8.99. The predicted molar refractivity (Wildman–Crippen MR) is 110 cm³/mol. The van der Waals surface area contributed by atoms with Gasteiger partial charge in [0.2, 0.25) is 0 Å². The summed E-state index contributed by atoms with van der Waals surface area (Å²) in [5.41, 5.74) is 5.32. The first kappa shape index (κ1) is 20.2. The molecule has 0 unspecified atom stereocenters. The Kier molecular flexibility index (Phi) is 6.98. The van der Waals surface area contributed by atoms with Gasteiger partial charge in [0.15, 0.2) is 0 Å². The Morgan fingerprint density at radius 3 is 2.50 bits per heavy atom. The molecule has 0 saturated carbocycles. The van der Waals surface area contributed by atoms with Crippen LogP contribution in [-0.2, 0) is 13.0 Å². The zero-order valence-corrected chi connectivity index (χ0v) is 17.2. The lowest BCUT2D eigenvalue weighted by atomic mass is 10.0. The number of rotatable bonds is 6. The van der Waals surface area contributed by atoms with E-state index < -0.39 is 0 Å². The van der Waals surface area contributed by atoms with Crippen LogP contribution in [0.5, 0.6) is 11.5 Å². The van der Waals surface area contributed by atoms with Gasteiger partial charge in [-0.25, -0.2) is 0 Å². The van der Waals surface area contributed by atoms with Gasteiger partial charge in [0, 0.05) is 7.05 Å². The number of benzene rings is 2. The fraction of sp³-hybridized carbons (Fsp3) is 0.381. The van der Waals surface area contributed by atoms with E-state index in [-0.39, 0.29) is 5.24 Å². The normalized spacial score (nSPS) is 10.5. The number of amides is 1. The SMILES string of the molecule is CCc1cc(C)c(OCc2c(OC)cccc2N(C)C(=O)SC)cc1C. The number of methoxy groups -OCH3 is 1. The molecule has 4 nitrogen and oxygen atoms in total. The van der Waals surface area contributed by atoms with Crippen molar-refractivity contribution in [2.24, 2.45) is 0 Å². The quantitative estimate of drug-likeness (QED) is 0.682. The molecule has 0 aliphatic carbocycles. The van der Waals surface area contributed by atoms with Crippen molar-refractivity contribution in [2.75, 3.05) is 25.3 Å². The number of hydrogen-bond donors (Lipinski definition) is 0. The molecule has 2 aromatic rings. The summed E-state index contributed by atoms with van der Waals surface area (Å²) in [5.74, 6) is 1.57. The van der Waals surface area contributed by atoms with Crippen LogP contribution in [0.3, 0.4) is 0 Å². The highest BCUT2D eigenvalue weighted by Crippen LogP contribution is 2.32. The van der Waals surface area contributed by atoms with Crippen LogP contribution in [0.15, 0.2) is 30.3 Å². The van der Waals surface area contributed by atoms with Crippen LogP contribution in [-0.4, -0.2) is 25.7 Å². The molecule has 0 N–H and O–H groups in total. The second-order valence-electron chi connectivity index (χ2n) is 6.17. The van der Waals surface area contributed by atoms with E-state index in [1.54, 1.807) is 25.3 Å². The van der Waals surface area contributed by atoms with Crippen molar-refractivity contribution in [3.8, 4) is 11.5 Å². The summed E-state index contributed by atoms with van der Waals surface area (Å²) >= 11 is 1.18. The molecule has 0 saturated heterocycles. The van der Waals surface area contributed by atoms with E-state index in [1.165, 1.54) is 22.9 Å². The number of hydrogen-bond acceptors (Lipinski definition) is 4. The fourth-order valence-corrected chi connectivity index (χ4v) is 3.35. The Bertz CT molecular complexity index is 789. The minimum Gasteiger partial charge on any atom is -0.496 e. The van der Waals surface area contributed by atoms with Crippen LogP contribution in [0, 0.1) is 13.8 Å². The maximum absolute atomic E-state index is 12.1. The maximum Gasteiger partial charge on any atom is 0.285 e. The molecule has 0 atom stereocenters. The molecule has 0 radical (unpaired) electrons. The minimum atomic E-state index is -0.0289. The minimum absolute atomic E-state index is 0.0289.